The third kappa shape index (κ3) is 3.64. The molecule has 38 heavy (non-hydrogen) atoms. The van der Waals surface area contributed by atoms with Gasteiger partial charge in [-0.05, 0) is 54.0 Å². The normalized spacial score (nSPS) is 21.6. The van der Waals surface area contributed by atoms with Crippen molar-refractivity contribution in [3.05, 3.63) is 71.4 Å². The van der Waals surface area contributed by atoms with Crippen molar-refractivity contribution in [1.29, 1.82) is 0 Å². The number of nitrogens with zero attached hydrogens (tertiary/aromatic N) is 7. The molecule has 1 aromatic carbocycles. The smallest absolute Gasteiger partial charge is 0.218 e. The van der Waals surface area contributed by atoms with Gasteiger partial charge in [0, 0.05) is 12.5 Å². The van der Waals surface area contributed by atoms with Gasteiger partial charge in [0.05, 0.1) is 40.4 Å². The Morgan fingerprint density at radius 3 is 2.58 bits per heavy atom. The van der Waals surface area contributed by atoms with E-state index >= 15 is 0 Å². The maximum Gasteiger partial charge on any atom is 0.218 e. The van der Waals surface area contributed by atoms with Crippen molar-refractivity contribution in [3.63, 3.8) is 0 Å². The van der Waals surface area contributed by atoms with E-state index in [4.69, 9.17) is 4.98 Å². The van der Waals surface area contributed by atoms with Crippen molar-refractivity contribution < 1.29 is 17.2 Å². The van der Waals surface area contributed by atoms with Crippen molar-refractivity contribution in [3.8, 4) is 22.9 Å². The number of aryl methyl sites for hydroxylation is 1. The van der Waals surface area contributed by atoms with Crippen LogP contribution < -0.4 is 0 Å². The number of hydrogen-bond acceptors (Lipinski definition) is 8. The zero-order chi connectivity index (χ0) is 26.9. The Morgan fingerprint density at radius 1 is 1.08 bits per heavy atom. The van der Waals surface area contributed by atoms with Crippen LogP contribution in [0.4, 0.5) is 8.78 Å². The highest BCUT2D eigenvalue weighted by Gasteiger charge is 2.65. The SMILES string of the molecule is CC1(C)[C@H]2CC[C@]1(c1ccnc(-c3ncn(CCS(C)(=O)=O)n3)n1)c1nnc(-c3c(F)cccc3F)cc12. The highest BCUT2D eigenvalue weighted by Crippen LogP contribution is 2.69. The minimum Gasteiger partial charge on any atom is -0.251 e. The zero-order valence-corrected chi connectivity index (χ0v) is 21.9. The fourth-order valence-electron chi connectivity index (χ4n) is 6.23. The Bertz CT molecular complexity index is 1670. The lowest BCUT2D eigenvalue weighted by atomic mass is 9.66. The van der Waals surface area contributed by atoms with E-state index in [0.29, 0.717) is 11.6 Å². The lowest BCUT2D eigenvalue weighted by Crippen LogP contribution is -2.38. The van der Waals surface area contributed by atoms with Gasteiger partial charge in [0.25, 0.3) is 0 Å². The molecule has 3 heterocycles. The summed E-state index contributed by atoms with van der Waals surface area (Å²) in [5.41, 5.74) is 1.55. The first-order valence-corrected chi connectivity index (χ1v) is 14.3. The molecule has 9 nitrogen and oxygen atoms in total. The first-order chi connectivity index (χ1) is 18.0. The van der Waals surface area contributed by atoms with Gasteiger partial charge in [-0.2, -0.15) is 5.10 Å². The van der Waals surface area contributed by atoms with Crippen LogP contribution in [-0.2, 0) is 21.8 Å². The van der Waals surface area contributed by atoms with Crippen molar-refractivity contribution in [2.24, 2.45) is 5.41 Å². The lowest BCUT2D eigenvalue weighted by Gasteiger charge is -2.37. The number of halogens is 2. The molecule has 0 unspecified atom stereocenters. The molecule has 0 amide bonds. The average molecular weight is 538 g/mol. The molecule has 1 saturated carbocycles. The molecule has 2 aliphatic carbocycles. The van der Waals surface area contributed by atoms with Crippen molar-refractivity contribution in [1.82, 2.24) is 34.9 Å². The van der Waals surface area contributed by atoms with Crippen LogP contribution in [0.1, 0.15) is 49.6 Å². The summed E-state index contributed by atoms with van der Waals surface area (Å²) >= 11 is 0. The second kappa shape index (κ2) is 8.42. The number of sulfone groups is 1. The third-order valence-corrected chi connectivity index (χ3v) is 9.05. The zero-order valence-electron chi connectivity index (χ0n) is 21.1. The molecule has 0 aliphatic heterocycles. The molecule has 0 N–H and O–H groups in total. The average Bonchev–Trinajstić information content (AvgIpc) is 3.50. The van der Waals surface area contributed by atoms with Gasteiger partial charge in [0.2, 0.25) is 5.82 Å². The van der Waals surface area contributed by atoms with E-state index in [1.165, 1.54) is 35.5 Å². The fraction of sp³-hybridized carbons (Fsp3) is 0.385. The highest BCUT2D eigenvalue weighted by molar-refractivity contribution is 7.90. The van der Waals surface area contributed by atoms with E-state index in [0.717, 1.165) is 29.8 Å². The van der Waals surface area contributed by atoms with Crippen LogP contribution in [0, 0.1) is 17.0 Å². The van der Waals surface area contributed by atoms with Crippen molar-refractivity contribution in [2.75, 3.05) is 12.0 Å². The molecule has 6 rings (SSSR count). The number of benzene rings is 1. The number of hydrogen-bond donors (Lipinski definition) is 0. The predicted molar refractivity (Wildman–Crippen MR) is 135 cm³/mol. The van der Waals surface area contributed by atoms with Crippen LogP contribution in [0.3, 0.4) is 0 Å². The quantitative estimate of drug-likeness (QED) is 0.365. The summed E-state index contributed by atoms with van der Waals surface area (Å²) in [6.45, 7) is 4.50. The fourth-order valence-corrected chi connectivity index (χ4v) is 6.74. The molecule has 0 radical (unpaired) electrons. The molecule has 12 heteroatoms. The van der Waals surface area contributed by atoms with Crippen LogP contribution in [-0.4, -0.2) is 55.4 Å². The minimum absolute atomic E-state index is 0.0520. The standard InChI is InChI=1S/C26H25F2N7O2S/c1-25(2)16-7-9-26(25,22-15(16)13-19(32-33-22)21-17(27)5-4-6-18(21)28)20-8-10-29-23(31-20)24-30-14-35(34-24)11-12-38(3,36)37/h4-6,8,10,13-14,16H,7,9,11-12H2,1-3H3/t16-,26-/m0/s1. The molecule has 2 aliphatic rings. The molecule has 1 fully saturated rings. The maximum atomic E-state index is 14.5. The van der Waals surface area contributed by atoms with Gasteiger partial charge >= 0.3 is 0 Å². The van der Waals surface area contributed by atoms with Gasteiger partial charge < -0.3 is 0 Å². The third-order valence-electron chi connectivity index (χ3n) is 8.12. The summed E-state index contributed by atoms with van der Waals surface area (Å²) in [6, 6.07) is 7.37. The van der Waals surface area contributed by atoms with Crippen LogP contribution in [0.5, 0.6) is 0 Å². The van der Waals surface area contributed by atoms with Crippen LogP contribution in [0.2, 0.25) is 0 Å². The van der Waals surface area contributed by atoms with Crippen molar-refractivity contribution >= 4 is 9.84 Å². The van der Waals surface area contributed by atoms with Crippen molar-refractivity contribution in [2.45, 2.75) is 44.6 Å². The van der Waals surface area contributed by atoms with Crippen LogP contribution in [0.25, 0.3) is 22.9 Å². The van der Waals surface area contributed by atoms with E-state index in [1.807, 2.05) is 6.07 Å². The van der Waals surface area contributed by atoms with E-state index in [2.05, 4.69) is 39.1 Å². The Balaban J connectivity index is 1.41. The maximum absolute atomic E-state index is 14.5. The first kappa shape index (κ1) is 24.7. The summed E-state index contributed by atoms with van der Waals surface area (Å²) in [4.78, 5) is 13.5. The summed E-state index contributed by atoms with van der Waals surface area (Å²) in [5.74, 6) is -0.697. The predicted octanol–water partition coefficient (Wildman–Crippen LogP) is 3.72. The number of fused-ring (bicyclic) bond motifs is 5. The molecule has 196 valence electrons. The van der Waals surface area contributed by atoms with Gasteiger partial charge in [-0.25, -0.2) is 32.2 Å². The monoisotopic (exact) mass is 537 g/mol. The molecular formula is C26H25F2N7O2S. The van der Waals surface area contributed by atoms with Gasteiger partial charge in [-0.15, -0.1) is 10.2 Å². The summed E-state index contributed by atoms with van der Waals surface area (Å²) in [5, 5.41) is 13.2. The lowest BCUT2D eigenvalue weighted by molar-refractivity contribution is 0.243. The summed E-state index contributed by atoms with van der Waals surface area (Å²) < 4.78 is 53.5. The van der Waals surface area contributed by atoms with Crippen LogP contribution in [0.15, 0.2) is 42.9 Å². The van der Waals surface area contributed by atoms with E-state index in [9.17, 15) is 17.2 Å². The molecule has 2 atom stereocenters. The Labute approximate surface area is 218 Å². The topological polar surface area (TPSA) is 116 Å². The van der Waals surface area contributed by atoms with Gasteiger partial charge in [-0.3, -0.25) is 4.68 Å². The van der Waals surface area contributed by atoms with Gasteiger partial charge in [-0.1, -0.05) is 19.9 Å². The molecular weight excluding hydrogens is 512 g/mol. The molecule has 0 spiro atoms. The van der Waals surface area contributed by atoms with E-state index in [-0.39, 0.29) is 34.9 Å². The minimum atomic E-state index is -3.14. The molecule has 0 saturated heterocycles. The number of rotatable bonds is 6. The van der Waals surface area contributed by atoms with E-state index < -0.39 is 26.9 Å². The Hall–Kier alpha value is -3.67. The largest absolute Gasteiger partial charge is 0.251 e. The second-order valence-electron chi connectivity index (χ2n) is 10.6. The second-order valence-corrected chi connectivity index (χ2v) is 12.8. The molecule has 3 aromatic heterocycles. The highest BCUT2D eigenvalue weighted by atomic mass is 32.2. The Morgan fingerprint density at radius 2 is 1.84 bits per heavy atom. The van der Waals surface area contributed by atoms with E-state index in [1.54, 1.807) is 12.3 Å². The summed E-state index contributed by atoms with van der Waals surface area (Å²) in [7, 11) is -3.14. The van der Waals surface area contributed by atoms with Gasteiger partial charge in [0.15, 0.2) is 5.82 Å². The number of aromatic nitrogens is 7. The summed E-state index contributed by atoms with van der Waals surface area (Å²) in [6.07, 6.45) is 5.94. The van der Waals surface area contributed by atoms with Gasteiger partial charge in [0.1, 0.15) is 27.8 Å². The Kier molecular flexibility index (Phi) is 5.46. The molecule has 2 bridgehead atoms. The molecule has 4 aromatic rings. The first-order valence-electron chi connectivity index (χ1n) is 12.2. The van der Waals surface area contributed by atoms with Crippen LogP contribution >= 0.6 is 0 Å².